The van der Waals surface area contributed by atoms with E-state index in [1.54, 1.807) is 4.90 Å². The summed E-state index contributed by atoms with van der Waals surface area (Å²) in [5.41, 5.74) is 0.956. The standard InChI is InChI=1S/C17H27N3O/c1-4-14-12-20(15(5-2)11-18-14)13-17(21)19(3)16-9-7-6-8-10-16/h6-10,14-15,18H,4-5,11-13H2,1-3H3. The number of nitrogens with zero attached hydrogens (tertiary/aromatic N) is 2. The molecule has 1 aliphatic rings. The molecule has 1 N–H and O–H groups in total. The molecule has 0 saturated carbocycles. The van der Waals surface area contributed by atoms with Crippen LogP contribution in [-0.4, -0.2) is 49.6 Å². The number of hydrogen-bond donors (Lipinski definition) is 1. The molecular weight excluding hydrogens is 262 g/mol. The smallest absolute Gasteiger partial charge is 0.240 e. The zero-order valence-corrected chi connectivity index (χ0v) is 13.4. The number of likely N-dealkylation sites (N-methyl/N-ethyl adjacent to an activating group) is 1. The van der Waals surface area contributed by atoms with Gasteiger partial charge < -0.3 is 10.2 Å². The van der Waals surface area contributed by atoms with Crippen LogP contribution in [0.4, 0.5) is 5.69 Å². The second-order valence-electron chi connectivity index (χ2n) is 5.79. The Balaban J connectivity index is 1.99. The summed E-state index contributed by atoms with van der Waals surface area (Å²) in [5, 5.41) is 3.57. The third kappa shape index (κ3) is 4.05. The monoisotopic (exact) mass is 289 g/mol. The van der Waals surface area contributed by atoms with Gasteiger partial charge in [-0.1, -0.05) is 32.0 Å². The first-order valence-corrected chi connectivity index (χ1v) is 7.94. The summed E-state index contributed by atoms with van der Waals surface area (Å²) < 4.78 is 0. The van der Waals surface area contributed by atoms with Crippen LogP contribution < -0.4 is 10.2 Å². The van der Waals surface area contributed by atoms with E-state index in [4.69, 9.17) is 0 Å². The van der Waals surface area contributed by atoms with Gasteiger partial charge in [0.15, 0.2) is 0 Å². The van der Waals surface area contributed by atoms with Crippen LogP contribution in [0.1, 0.15) is 26.7 Å². The second kappa shape index (κ2) is 7.57. The number of rotatable bonds is 5. The van der Waals surface area contributed by atoms with Gasteiger partial charge in [0.1, 0.15) is 0 Å². The van der Waals surface area contributed by atoms with Crippen LogP contribution in [-0.2, 0) is 4.79 Å². The first-order valence-electron chi connectivity index (χ1n) is 7.94. The number of hydrogen-bond acceptors (Lipinski definition) is 3. The van der Waals surface area contributed by atoms with Crippen LogP contribution >= 0.6 is 0 Å². The molecule has 2 atom stereocenters. The van der Waals surface area contributed by atoms with Crippen LogP contribution in [0.25, 0.3) is 0 Å². The van der Waals surface area contributed by atoms with Crippen LogP contribution in [0.2, 0.25) is 0 Å². The zero-order valence-electron chi connectivity index (χ0n) is 13.4. The number of para-hydroxylation sites is 1. The Morgan fingerprint density at radius 3 is 2.62 bits per heavy atom. The maximum absolute atomic E-state index is 12.5. The summed E-state index contributed by atoms with van der Waals surface area (Å²) in [5.74, 6) is 0.163. The van der Waals surface area contributed by atoms with Gasteiger partial charge in [0, 0.05) is 37.9 Å². The van der Waals surface area contributed by atoms with E-state index < -0.39 is 0 Å². The second-order valence-corrected chi connectivity index (χ2v) is 5.79. The Labute approximate surface area is 128 Å². The number of benzene rings is 1. The fourth-order valence-corrected chi connectivity index (χ4v) is 2.87. The first kappa shape index (κ1) is 16.0. The van der Waals surface area contributed by atoms with Crippen LogP contribution in [0.3, 0.4) is 0 Å². The number of piperazine rings is 1. The summed E-state index contributed by atoms with van der Waals surface area (Å²) in [6.07, 6.45) is 2.18. The van der Waals surface area contributed by atoms with Crippen molar-refractivity contribution in [2.75, 3.05) is 31.6 Å². The lowest BCUT2D eigenvalue weighted by Gasteiger charge is -2.40. The van der Waals surface area contributed by atoms with Gasteiger partial charge in [-0.05, 0) is 25.0 Å². The molecule has 21 heavy (non-hydrogen) atoms. The summed E-state index contributed by atoms with van der Waals surface area (Å²) in [6, 6.07) is 10.8. The number of carbonyl (C=O) groups is 1. The van der Waals surface area contributed by atoms with E-state index in [2.05, 4.69) is 24.1 Å². The van der Waals surface area contributed by atoms with Crippen molar-refractivity contribution < 1.29 is 4.79 Å². The lowest BCUT2D eigenvalue weighted by molar-refractivity contribution is -0.120. The molecule has 1 aliphatic heterocycles. The highest BCUT2D eigenvalue weighted by Gasteiger charge is 2.28. The highest BCUT2D eigenvalue weighted by atomic mass is 16.2. The van der Waals surface area contributed by atoms with Gasteiger partial charge in [-0.3, -0.25) is 9.69 Å². The van der Waals surface area contributed by atoms with Crippen molar-refractivity contribution in [2.45, 2.75) is 38.8 Å². The van der Waals surface area contributed by atoms with Gasteiger partial charge in [-0.25, -0.2) is 0 Å². The quantitative estimate of drug-likeness (QED) is 0.902. The number of carbonyl (C=O) groups excluding carboxylic acids is 1. The summed E-state index contributed by atoms with van der Waals surface area (Å²) in [4.78, 5) is 16.6. The lowest BCUT2D eigenvalue weighted by Crippen LogP contribution is -2.58. The molecule has 4 nitrogen and oxygen atoms in total. The molecule has 0 spiro atoms. The predicted molar refractivity (Wildman–Crippen MR) is 87.6 cm³/mol. The molecule has 4 heteroatoms. The minimum absolute atomic E-state index is 0.163. The zero-order chi connectivity index (χ0) is 15.2. The highest BCUT2D eigenvalue weighted by Crippen LogP contribution is 2.15. The lowest BCUT2D eigenvalue weighted by atomic mass is 10.1. The number of anilines is 1. The molecule has 1 amide bonds. The number of nitrogens with one attached hydrogen (secondary N) is 1. The van der Waals surface area contributed by atoms with E-state index in [-0.39, 0.29) is 5.91 Å². The van der Waals surface area contributed by atoms with Gasteiger partial charge in [0.2, 0.25) is 5.91 Å². The van der Waals surface area contributed by atoms with E-state index in [1.807, 2.05) is 37.4 Å². The summed E-state index contributed by atoms with van der Waals surface area (Å²) in [7, 11) is 1.86. The Bertz CT molecular complexity index is 449. The molecule has 1 heterocycles. The maximum Gasteiger partial charge on any atom is 0.240 e. The molecule has 1 aromatic rings. The predicted octanol–water partition coefficient (Wildman–Crippen LogP) is 2.11. The summed E-state index contributed by atoms with van der Waals surface area (Å²) in [6.45, 7) is 6.83. The molecule has 2 rings (SSSR count). The van der Waals surface area contributed by atoms with Gasteiger partial charge in [-0.2, -0.15) is 0 Å². The van der Waals surface area contributed by atoms with Crippen molar-refractivity contribution in [3.63, 3.8) is 0 Å². The molecule has 0 aromatic heterocycles. The molecule has 2 unspecified atom stereocenters. The van der Waals surface area contributed by atoms with Crippen molar-refractivity contribution in [3.05, 3.63) is 30.3 Å². The Hall–Kier alpha value is -1.39. The topological polar surface area (TPSA) is 35.6 Å². The molecule has 1 fully saturated rings. The molecule has 1 aromatic carbocycles. The largest absolute Gasteiger partial charge is 0.314 e. The van der Waals surface area contributed by atoms with Crippen molar-refractivity contribution in [1.82, 2.24) is 10.2 Å². The van der Waals surface area contributed by atoms with E-state index in [0.717, 1.165) is 31.6 Å². The minimum atomic E-state index is 0.163. The van der Waals surface area contributed by atoms with Crippen LogP contribution in [0.15, 0.2) is 30.3 Å². The van der Waals surface area contributed by atoms with E-state index in [0.29, 0.717) is 18.6 Å². The van der Waals surface area contributed by atoms with Gasteiger partial charge in [0.05, 0.1) is 6.54 Å². The van der Waals surface area contributed by atoms with Crippen LogP contribution in [0, 0.1) is 0 Å². The van der Waals surface area contributed by atoms with Gasteiger partial charge in [-0.15, -0.1) is 0 Å². The average Bonchev–Trinajstić information content (AvgIpc) is 2.54. The Morgan fingerprint density at radius 2 is 2.00 bits per heavy atom. The van der Waals surface area contributed by atoms with E-state index in [9.17, 15) is 4.79 Å². The molecule has 0 bridgehead atoms. The van der Waals surface area contributed by atoms with Crippen molar-refractivity contribution in [3.8, 4) is 0 Å². The van der Waals surface area contributed by atoms with Crippen molar-refractivity contribution in [2.24, 2.45) is 0 Å². The summed E-state index contributed by atoms with van der Waals surface area (Å²) >= 11 is 0. The van der Waals surface area contributed by atoms with E-state index >= 15 is 0 Å². The van der Waals surface area contributed by atoms with Crippen molar-refractivity contribution >= 4 is 11.6 Å². The van der Waals surface area contributed by atoms with E-state index in [1.165, 1.54) is 0 Å². The first-order chi connectivity index (χ1) is 10.2. The Kier molecular flexibility index (Phi) is 5.76. The third-order valence-corrected chi connectivity index (χ3v) is 4.43. The number of amides is 1. The average molecular weight is 289 g/mol. The minimum Gasteiger partial charge on any atom is -0.314 e. The maximum atomic E-state index is 12.5. The third-order valence-electron chi connectivity index (χ3n) is 4.43. The molecular formula is C17H27N3O. The van der Waals surface area contributed by atoms with Gasteiger partial charge >= 0.3 is 0 Å². The fraction of sp³-hybridized carbons (Fsp3) is 0.588. The highest BCUT2D eigenvalue weighted by molar-refractivity contribution is 5.94. The van der Waals surface area contributed by atoms with Gasteiger partial charge in [0.25, 0.3) is 0 Å². The van der Waals surface area contributed by atoms with Crippen LogP contribution in [0.5, 0.6) is 0 Å². The molecule has 1 saturated heterocycles. The van der Waals surface area contributed by atoms with Crippen molar-refractivity contribution in [1.29, 1.82) is 0 Å². The molecule has 116 valence electrons. The fourth-order valence-electron chi connectivity index (χ4n) is 2.87. The molecule has 0 aliphatic carbocycles. The Morgan fingerprint density at radius 1 is 1.29 bits per heavy atom. The molecule has 0 radical (unpaired) electrons. The SMILES string of the molecule is CCC1CN(CC(=O)N(C)c2ccccc2)C(CC)CN1. The normalized spacial score (nSPS) is 23.0.